The van der Waals surface area contributed by atoms with E-state index in [0.29, 0.717) is 10.6 Å². The molecule has 0 unspecified atom stereocenters. The molecule has 1 saturated heterocycles. The Morgan fingerprint density at radius 2 is 1.84 bits per heavy atom. The molecule has 2 aromatic carbocycles. The van der Waals surface area contributed by atoms with E-state index in [1.807, 2.05) is 43.3 Å². The van der Waals surface area contributed by atoms with Crippen molar-refractivity contribution in [1.82, 2.24) is 9.88 Å². The van der Waals surface area contributed by atoms with Crippen LogP contribution in [0.15, 0.2) is 87.5 Å². The number of hydrogen-bond acceptors (Lipinski definition) is 5. The smallest absolute Gasteiger partial charge is 0.282 e. The van der Waals surface area contributed by atoms with Crippen LogP contribution in [0.4, 0.5) is 0 Å². The number of carbonyl (C=O) groups excluding carboxylic acids is 1. The van der Waals surface area contributed by atoms with Gasteiger partial charge in [0.1, 0.15) is 0 Å². The van der Waals surface area contributed by atoms with Gasteiger partial charge in [-0.15, -0.1) is 11.0 Å². The largest absolute Gasteiger partial charge is 0.284 e. The number of amidine groups is 1. The molecule has 1 aliphatic heterocycles. The van der Waals surface area contributed by atoms with Crippen LogP contribution in [0.25, 0.3) is 17.0 Å². The summed E-state index contributed by atoms with van der Waals surface area (Å²) < 4.78 is 29.7. The SMILES string of the molecule is C=CCN1C(=O)C(=Cc2ccc3ccccc3n2)SC1=NS(=O)(=O)c1ccc(CC)cc1. The summed E-state index contributed by atoms with van der Waals surface area (Å²) >= 11 is 1.02. The molecule has 4 rings (SSSR count). The molecule has 8 heteroatoms. The van der Waals surface area contributed by atoms with Crippen molar-refractivity contribution in [3.8, 4) is 0 Å². The lowest BCUT2D eigenvalue weighted by Crippen LogP contribution is -2.29. The molecule has 0 bridgehead atoms. The number of thioether (sulfide) groups is 1. The molecule has 0 N–H and O–H groups in total. The van der Waals surface area contributed by atoms with Crippen LogP contribution in [-0.2, 0) is 21.2 Å². The van der Waals surface area contributed by atoms with Gasteiger partial charge in [0, 0.05) is 11.9 Å². The van der Waals surface area contributed by atoms with Crippen LogP contribution in [0.2, 0.25) is 0 Å². The van der Waals surface area contributed by atoms with Gasteiger partial charge in [0.15, 0.2) is 5.17 Å². The van der Waals surface area contributed by atoms with Gasteiger partial charge in [-0.25, -0.2) is 4.98 Å². The van der Waals surface area contributed by atoms with Gasteiger partial charge in [0.25, 0.3) is 15.9 Å². The van der Waals surface area contributed by atoms with Crippen molar-refractivity contribution in [3.63, 3.8) is 0 Å². The van der Waals surface area contributed by atoms with Crippen LogP contribution < -0.4 is 0 Å². The maximum Gasteiger partial charge on any atom is 0.284 e. The molecule has 0 saturated carbocycles. The quantitative estimate of drug-likeness (QED) is 0.393. The van der Waals surface area contributed by atoms with E-state index in [4.69, 9.17) is 0 Å². The van der Waals surface area contributed by atoms with Crippen molar-refractivity contribution >= 4 is 49.8 Å². The first kappa shape index (κ1) is 22.0. The van der Waals surface area contributed by atoms with Gasteiger partial charge in [-0.1, -0.05) is 49.4 Å². The van der Waals surface area contributed by atoms with Crippen LogP contribution in [0.5, 0.6) is 0 Å². The topological polar surface area (TPSA) is 79.7 Å². The summed E-state index contributed by atoms with van der Waals surface area (Å²) in [6.45, 7) is 5.82. The van der Waals surface area contributed by atoms with Gasteiger partial charge >= 0.3 is 0 Å². The molecule has 6 nitrogen and oxygen atoms in total. The fraction of sp³-hybridized carbons (Fsp3) is 0.125. The molecule has 1 aliphatic rings. The minimum absolute atomic E-state index is 0.0856. The van der Waals surface area contributed by atoms with E-state index in [1.165, 1.54) is 23.1 Å². The Morgan fingerprint density at radius 1 is 1.09 bits per heavy atom. The third-order valence-electron chi connectivity index (χ3n) is 4.93. The Hall–Kier alpha value is -3.23. The van der Waals surface area contributed by atoms with Crippen molar-refractivity contribution in [1.29, 1.82) is 0 Å². The number of aromatic nitrogens is 1. The molecule has 0 atom stereocenters. The van der Waals surface area contributed by atoms with Gasteiger partial charge in [0.2, 0.25) is 0 Å². The summed E-state index contributed by atoms with van der Waals surface area (Å²) in [7, 11) is -3.97. The van der Waals surface area contributed by atoms with Gasteiger partial charge in [0.05, 0.1) is 21.0 Å². The maximum absolute atomic E-state index is 13.0. The van der Waals surface area contributed by atoms with Crippen LogP contribution in [0.3, 0.4) is 0 Å². The van der Waals surface area contributed by atoms with Gasteiger partial charge in [-0.2, -0.15) is 8.42 Å². The first-order valence-corrected chi connectivity index (χ1v) is 12.3. The number of pyridine rings is 1. The predicted octanol–water partition coefficient (Wildman–Crippen LogP) is 4.64. The monoisotopic (exact) mass is 463 g/mol. The molecule has 162 valence electrons. The lowest BCUT2D eigenvalue weighted by Gasteiger charge is -2.12. The average molecular weight is 464 g/mol. The predicted molar refractivity (Wildman–Crippen MR) is 130 cm³/mol. The van der Waals surface area contributed by atoms with Crippen LogP contribution in [0, 0.1) is 0 Å². The summed E-state index contributed by atoms with van der Waals surface area (Å²) in [5.74, 6) is -0.333. The lowest BCUT2D eigenvalue weighted by atomic mass is 10.2. The van der Waals surface area contributed by atoms with E-state index in [1.54, 1.807) is 18.2 Å². The Balaban J connectivity index is 1.69. The molecule has 2 heterocycles. The summed E-state index contributed by atoms with van der Waals surface area (Å²) in [6, 6.07) is 18.0. The molecule has 0 aliphatic carbocycles. The fourth-order valence-corrected chi connectivity index (χ4v) is 5.39. The zero-order valence-corrected chi connectivity index (χ0v) is 19.1. The second-order valence-electron chi connectivity index (χ2n) is 7.09. The van der Waals surface area contributed by atoms with Crippen molar-refractivity contribution in [2.45, 2.75) is 18.2 Å². The molecule has 3 aromatic rings. The summed E-state index contributed by atoms with van der Waals surface area (Å²) in [5.41, 5.74) is 2.45. The highest BCUT2D eigenvalue weighted by Gasteiger charge is 2.34. The molecular weight excluding hydrogens is 442 g/mol. The minimum Gasteiger partial charge on any atom is -0.282 e. The molecule has 1 aromatic heterocycles. The van der Waals surface area contributed by atoms with E-state index < -0.39 is 10.0 Å². The zero-order chi connectivity index (χ0) is 22.7. The number of para-hydroxylation sites is 1. The van der Waals surface area contributed by atoms with E-state index in [2.05, 4.69) is 16.0 Å². The molecule has 1 fully saturated rings. The first-order chi connectivity index (χ1) is 15.4. The Bertz CT molecular complexity index is 1360. The first-order valence-electron chi connectivity index (χ1n) is 10.0. The van der Waals surface area contributed by atoms with E-state index in [0.717, 1.165) is 34.6 Å². The van der Waals surface area contributed by atoms with Crippen LogP contribution in [-0.4, -0.2) is 35.9 Å². The number of nitrogens with zero attached hydrogens (tertiary/aromatic N) is 3. The Kier molecular flexibility index (Phi) is 6.25. The van der Waals surface area contributed by atoms with E-state index in [9.17, 15) is 13.2 Å². The number of amides is 1. The minimum atomic E-state index is -3.97. The number of hydrogen-bond donors (Lipinski definition) is 0. The van der Waals surface area contributed by atoms with Crippen LogP contribution in [0.1, 0.15) is 18.2 Å². The second kappa shape index (κ2) is 9.10. The average Bonchev–Trinajstić information content (AvgIpc) is 3.07. The lowest BCUT2D eigenvalue weighted by molar-refractivity contribution is -0.121. The van der Waals surface area contributed by atoms with Crippen LogP contribution >= 0.6 is 11.8 Å². The number of carbonyl (C=O) groups is 1. The second-order valence-corrected chi connectivity index (χ2v) is 9.70. The van der Waals surface area contributed by atoms with Gasteiger partial charge in [-0.05, 0) is 54.1 Å². The highest BCUT2D eigenvalue weighted by molar-refractivity contribution is 8.19. The summed E-state index contributed by atoms with van der Waals surface area (Å²) in [5, 5.41) is 1.09. The third-order valence-corrected chi connectivity index (χ3v) is 7.33. The number of benzene rings is 2. The van der Waals surface area contributed by atoms with Gasteiger partial charge in [-0.3, -0.25) is 9.69 Å². The standard InChI is InChI=1S/C24H21N3O3S2/c1-3-15-27-23(28)22(16-19-12-11-18-7-5-6-8-21(18)25-19)31-24(27)26-32(29,30)20-13-9-17(4-2)10-14-20/h3,5-14,16H,1,4,15H2,2H3. The molecule has 0 radical (unpaired) electrons. The Morgan fingerprint density at radius 3 is 2.56 bits per heavy atom. The third kappa shape index (κ3) is 4.51. The van der Waals surface area contributed by atoms with Gasteiger partial charge < -0.3 is 0 Å². The van der Waals surface area contributed by atoms with E-state index in [-0.39, 0.29) is 22.5 Å². The van der Waals surface area contributed by atoms with Crippen molar-refractivity contribution < 1.29 is 13.2 Å². The molecule has 1 amide bonds. The van der Waals surface area contributed by atoms with Crippen molar-refractivity contribution in [3.05, 3.63) is 89.5 Å². The number of fused-ring (bicyclic) bond motifs is 1. The molecular formula is C24H21N3O3S2. The number of aryl methyl sites for hydroxylation is 1. The Labute approximate surface area is 191 Å². The highest BCUT2D eigenvalue weighted by atomic mass is 32.2. The van der Waals surface area contributed by atoms with Crippen molar-refractivity contribution in [2.24, 2.45) is 4.40 Å². The number of rotatable bonds is 6. The van der Waals surface area contributed by atoms with Crippen molar-refractivity contribution in [2.75, 3.05) is 6.54 Å². The summed E-state index contributed by atoms with van der Waals surface area (Å²) in [6.07, 6.45) is 4.00. The van der Waals surface area contributed by atoms with E-state index >= 15 is 0 Å². The zero-order valence-electron chi connectivity index (χ0n) is 17.4. The summed E-state index contributed by atoms with van der Waals surface area (Å²) in [4.78, 5) is 19.3. The fourth-order valence-electron chi connectivity index (χ4n) is 3.22. The highest BCUT2D eigenvalue weighted by Crippen LogP contribution is 2.33. The molecule has 0 spiro atoms. The number of sulfonamides is 1. The molecule has 32 heavy (non-hydrogen) atoms. The normalized spacial score (nSPS) is 16.9. The maximum atomic E-state index is 13.0.